The van der Waals surface area contributed by atoms with Gasteiger partial charge in [0.25, 0.3) is 0 Å². The maximum atomic E-state index is 10.6. The fourth-order valence-electron chi connectivity index (χ4n) is 1.67. The lowest BCUT2D eigenvalue weighted by Gasteiger charge is -2.03. The Balaban J connectivity index is 2.17. The predicted octanol–water partition coefficient (Wildman–Crippen LogP) is 1.80. The molecule has 0 aromatic heterocycles. The number of hydrogen-bond acceptors (Lipinski definition) is 2. The van der Waals surface area contributed by atoms with Gasteiger partial charge in [-0.3, -0.25) is 0 Å². The van der Waals surface area contributed by atoms with Crippen LogP contribution in [0.3, 0.4) is 0 Å². The zero-order valence-corrected chi connectivity index (χ0v) is 8.32. The van der Waals surface area contributed by atoms with Gasteiger partial charge in [0, 0.05) is 18.4 Å². The first-order valence-corrected chi connectivity index (χ1v) is 4.82. The summed E-state index contributed by atoms with van der Waals surface area (Å²) in [5.41, 5.74) is 2.35. The number of ether oxygens (including phenoxy) is 1. The Morgan fingerprint density at radius 2 is 2.33 bits per heavy atom. The van der Waals surface area contributed by atoms with E-state index in [9.17, 15) is 4.79 Å². The van der Waals surface area contributed by atoms with Gasteiger partial charge in [-0.1, -0.05) is 18.7 Å². The third kappa shape index (κ3) is 2.01. The first-order chi connectivity index (χ1) is 7.16. The molecule has 0 amide bonds. The van der Waals surface area contributed by atoms with Crippen LogP contribution in [0.2, 0.25) is 0 Å². The van der Waals surface area contributed by atoms with Gasteiger partial charge in [0.15, 0.2) is 0 Å². The Kier molecular flexibility index (Phi) is 2.46. The molecule has 1 aliphatic rings. The number of carbonyl (C=O) groups is 1. The van der Waals surface area contributed by atoms with E-state index in [1.165, 1.54) is 0 Å². The third-order valence-electron chi connectivity index (χ3n) is 2.47. The Bertz CT molecular complexity index is 421. The lowest BCUT2D eigenvalue weighted by molar-refractivity contribution is -0.132. The molecular formula is C12H12O3. The van der Waals surface area contributed by atoms with Gasteiger partial charge < -0.3 is 9.84 Å². The SMILES string of the molecule is C=C(Cc1ccc2c(c1)CCO2)C(=O)O. The second-order valence-corrected chi connectivity index (χ2v) is 3.63. The topological polar surface area (TPSA) is 46.5 Å². The summed E-state index contributed by atoms with van der Waals surface area (Å²) in [4.78, 5) is 10.6. The quantitative estimate of drug-likeness (QED) is 0.764. The number of carboxylic acids is 1. The molecule has 1 N–H and O–H groups in total. The summed E-state index contributed by atoms with van der Waals surface area (Å²) in [5.74, 6) is -0.0218. The van der Waals surface area contributed by atoms with Crippen molar-refractivity contribution in [2.45, 2.75) is 12.8 Å². The van der Waals surface area contributed by atoms with Crippen molar-refractivity contribution in [3.8, 4) is 5.75 Å². The van der Waals surface area contributed by atoms with Crippen LogP contribution < -0.4 is 4.74 Å². The number of carboxylic acid groups (broad SMARTS) is 1. The van der Waals surface area contributed by atoms with E-state index in [2.05, 4.69) is 6.58 Å². The van der Waals surface area contributed by atoms with Crippen molar-refractivity contribution in [2.75, 3.05) is 6.61 Å². The van der Waals surface area contributed by atoms with Gasteiger partial charge in [0.05, 0.1) is 6.61 Å². The normalized spacial score (nSPS) is 13.1. The molecule has 0 unspecified atom stereocenters. The summed E-state index contributed by atoms with van der Waals surface area (Å²) < 4.78 is 5.37. The van der Waals surface area contributed by atoms with E-state index in [0.29, 0.717) is 6.42 Å². The molecule has 1 heterocycles. The maximum absolute atomic E-state index is 10.6. The van der Waals surface area contributed by atoms with Crippen LogP contribution in [0.1, 0.15) is 11.1 Å². The van der Waals surface area contributed by atoms with Gasteiger partial charge in [0.2, 0.25) is 0 Å². The van der Waals surface area contributed by atoms with Crippen molar-refractivity contribution in [3.05, 3.63) is 41.5 Å². The molecule has 3 nitrogen and oxygen atoms in total. The highest BCUT2D eigenvalue weighted by Crippen LogP contribution is 2.26. The first kappa shape index (κ1) is 9.77. The fourth-order valence-corrected chi connectivity index (χ4v) is 1.67. The molecule has 0 atom stereocenters. The van der Waals surface area contributed by atoms with Crippen LogP contribution in [-0.4, -0.2) is 17.7 Å². The molecule has 0 radical (unpaired) electrons. The number of rotatable bonds is 3. The Morgan fingerprint density at radius 1 is 1.53 bits per heavy atom. The van der Waals surface area contributed by atoms with Crippen LogP contribution in [0.25, 0.3) is 0 Å². The minimum atomic E-state index is -0.938. The van der Waals surface area contributed by atoms with E-state index < -0.39 is 5.97 Å². The number of aliphatic carboxylic acids is 1. The minimum absolute atomic E-state index is 0.217. The highest BCUT2D eigenvalue weighted by Gasteiger charge is 2.13. The van der Waals surface area contributed by atoms with E-state index in [-0.39, 0.29) is 5.57 Å². The van der Waals surface area contributed by atoms with Gasteiger partial charge in [-0.2, -0.15) is 0 Å². The minimum Gasteiger partial charge on any atom is -0.493 e. The second-order valence-electron chi connectivity index (χ2n) is 3.63. The van der Waals surface area contributed by atoms with E-state index in [1.54, 1.807) is 0 Å². The number of hydrogen-bond donors (Lipinski definition) is 1. The lowest BCUT2D eigenvalue weighted by atomic mass is 10.0. The first-order valence-electron chi connectivity index (χ1n) is 4.82. The van der Waals surface area contributed by atoms with Crippen molar-refractivity contribution in [1.29, 1.82) is 0 Å². The standard InChI is InChI=1S/C12H12O3/c1-8(12(13)14)6-9-2-3-11-10(7-9)4-5-15-11/h2-3,7H,1,4-6H2,(H,13,14). The van der Waals surface area contributed by atoms with E-state index >= 15 is 0 Å². The fraction of sp³-hybridized carbons (Fsp3) is 0.250. The smallest absolute Gasteiger partial charge is 0.331 e. The summed E-state index contributed by atoms with van der Waals surface area (Å²) in [6.45, 7) is 4.23. The van der Waals surface area contributed by atoms with Crippen molar-refractivity contribution < 1.29 is 14.6 Å². The van der Waals surface area contributed by atoms with Crippen molar-refractivity contribution in [2.24, 2.45) is 0 Å². The van der Waals surface area contributed by atoms with Crippen LogP contribution in [-0.2, 0) is 17.6 Å². The molecule has 0 saturated carbocycles. The van der Waals surface area contributed by atoms with Crippen molar-refractivity contribution in [3.63, 3.8) is 0 Å². The molecule has 15 heavy (non-hydrogen) atoms. The number of benzene rings is 1. The summed E-state index contributed by atoms with van der Waals surface area (Å²) in [6.07, 6.45) is 1.30. The molecule has 1 aromatic rings. The van der Waals surface area contributed by atoms with Crippen LogP contribution in [0.4, 0.5) is 0 Å². The molecule has 3 heteroatoms. The van der Waals surface area contributed by atoms with E-state index in [0.717, 1.165) is 29.9 Å². The molecular weight excluding hydrogens is 192 g/mol. The van der Waals surface area contributed by atoms with E-state index in [4.69, 9.17) is 9.84 Å². The van der Waals surface area contributed by atoms with Gasteiger partial charge in [-0.15, -0.1) is 0 Å². The summed E-state index contributed by atoms with van der Waals surface area (Å²) >= 11 is 0. The summed E-state index contributed by atoms with van der Waals surface area (Å²) in [7, 11) is 0. The second kappa shape index (κ2) is 3.77. The van der Waals surface area contributed by atoms with Gasteiger partial charge >= 0.3 is 5.97 Å². The van der Waals surface area contributed by atoms with Crippen LogP contribution in [0.15, 0.2) is 30.4 Å². The zero-order chi connectivity index (χ0) is 10.8. The molecule has 78 valence electrons. The molecule has 2 rings (SSSR count). The summed E-state index contributed by atoms with van der Waals surface area (Å²) in [5, 5.41) is 8.71. The molecule has 0 aliphatic carbocycles. The van der Waals surface area contributed by atoms with E-state index in [1.807, 2.05) is 18.2 Å². The average molecular weight is 204 g/mol. The molecule has 1 aromatic carbocycles. The summed E-state index contributed by atoms with van der Waals surface area (Å²) in [6, 6.07) is 5.78. The largest absolute Gasteiger partial charge is 0.493 e. The lowest BCUT2D eigenvalue weighted by Crippen LogP contribution is -2.02. The van der Waals surface area contributed by atoms with Crippen molar-refractivity contribution in [1.82, 2.24) is 0 Å². The zero-order valence-electron chi connectivity index (χ0n) is 8.32. The van der Waals surface area contributed by atoms with Gasteiger partial charge in [-0.05, 0) is 17.2 Å². The number of fused-ring (bicyclic) bond motifs is 1. The predicted molar refractivity (Wildman–Crippen MR) is 56.1 cm³/mol. The van der Waals surface area contributed by atoms with Gasteiger partial charge in [0.1, 0.15) is 5.75 Å². The third-order valence-corrected chi connectivity index (χ3v) is 2.47. The molecule has 1 aliphatic heterocycles. The molecule has 0 spiro atoms. The maximum Gasteiger partial charge on any atom is 0.331 e. The molecule has 0 bridgehead atoms. The Morgan fingerprint density at radius 3 is 3.07 bits per heavy atom. The van der Waals surface area contributed by atoms with Crippen LogP contribution >= 0.6 is 0 Å². The highest BCUT2D eigenvalue weighted by molar-refractivity contribution is 5.86. The molecule has 0 fully saturated rings. The molecule has 0 saturated heterocycles. The Hall–Kier alpha value is -1.77. The van der Waals surface area contributed by atoms with Crippen LogP contribution in [0.5, 0.6) is 5.75 Å². The van der Waals surface area contributed by atoms with Gasteiger partial charge in [-0.25, -0.2) is 4.79 Å². The monoisotopic (exact) mass is 204 g/mol. The highest BCUT2D eigenvalue weighted by atomic mass is 16.5. The Labute approximate surface area is 88.0 Å². The van der Waals surface area contributed by atoms with Crippen molar-refractivity contribution >= 4 is 5.97 Å². The van der Waals surface area contributed by atoms with Crippen LogP contribution in [0, 0.1) is 0 Å². The average Bonchev–Trinajstić information content (AvgIpc) is 2.64.